The van der Waals surface area contributed by atoms with E-state index in [0.29, 0.717) is 6.42 Å². The summed E-state index contributed by atoms with van der Waals surface area (Å²) in [6.45, 7) is 3.56. The number of rotatable bonds is 5. The lowest BCUT2D eigenvalue weighted by molar-refractivity contribution is 0.169. The van der Waals surface area contributed by atoms with Gasteiger partial charge in [0.15, 0.2) is 0 Å². The predicted molar refractivity (Wildman–Crippen MR) is 52.1 cm³/mol. The van der Waals surface area contributed by atoms with Gasteiger partial charge in [0.05, 0.1) is 12.3 Å². The standard InChI is InChI=1S/C10H14N2O/c1-2-3-4-5-6-10(13)9-7-11-12-8-9/h2-4,7-8,10,13H,1,5-6H2,(H,11,12)/b4-3+. The van der Waals surface area contributed by atoms with E-state index in [9.17, 15) is 5.11 Å². The van der Waals surface area contributed by atoms with Crippen molar-refractivity contribution in [1.29, 1.82) is 0 Å². The van der Waals surface area contributed by atoms with Gasteiger partial charge < -0.3 is 5.11 Å². The minimum absolute atomic E-state index is 0.423. The van der Waals surface area contributed by atoms with Crippen LogP contribution in [0.3, 0.4) is 0 Å². The Balaban J connectivity index is 2.30. The molecule has 1 heterocycles. The molecule has 0 aliphatic rings. The highest BCUT2D eigenvalue weighted by molar-refractivity contribution is 5.07. The lowest BCUT2D eigenvalue weighted by atomic mass is 10.1. The third-order valence-corrected chi connectivity index (χ3v) is 1.78. The minimum atomic E-state index is -0.423. The van der Waals surface area contributed by atoms with Crippen molar-refractivity contribution in [2.75, 3.05) is 0 Å². The molecule has 0 bridgehead atoms. The Kier molecular flexibility index (Phi) is 3.99. The van der Waals surface area contributed by atoms with Crippen molar-refractivity contribution in [2.24, 2.45) is 0 Å². The first-order valence-corrected chi connectivity index (χ1v) is 4.29. The first-order chi connectivity index (χ1) is 6.34. The first kappa shape index (κ1) is 9.74. The van der Waals surface area contributed by atoms with E-state index in [1.807, 2.05) is 12.2 Å². The molecule has 70 valence electrons. The maximum Gasteiger partial charge on any atom is 0.0823 e. The van der Waals surface area contributed by atoms with Gasteiger partial charge in [-0.1, -0.05) is 24.8 Å². The SMILES string of the molecule is C=C/C=C/CCC(O)c1cn[nH]c1. The molecule has 0 fully saturated rings. The number of aliphatic hydroxyl groups is 1. The van der Waals surface area contributed by atoms with Gasteiger partial charge in [-0.3, -0.25) is 5.10 Å². The molecule has 1 aromatic heterocycles. The molecule has 3 nitrogen and oxygen atoms in total. The van der Waals surface area contributed by atoms with Crippen molar-refractivity contribution >= 4 is 0 Å². The number of aliphatic hydroxyl groups excluding tert-OH is 1. The third-order valence-electron chi connectivity index (χ3n) is 1.78. The molecule has 2 N–H and O–H groups in total. The monoisotopic (exact) mass is 178 g/mol. The highest BCUT2D eigenvalue weighted by Gasteiger charge is 2.06. The van der Waals surface area contributed by atoms with Gasteiger partial charge in [0.25, 0.3) is 0 Å². The molecule has 0 radical (unpaired) electrons. The number of nitrogens with zero attached hydrogens (tertiary/aromatic N) is 1. The lowest BCUT2D eigenvalue weighted by Crippen LogP contribution is -1.94. The van der Waals surface area contributed by atoms with E-state index in [-0.39, 0.29) is 0 Å². The summed E-state index contributed by atoms with van der Waals surface area (Å²) in [6, 6.07) is 0. The number of aromatic amines is 1. The molecule has 13 heavy (non-hydrogen) atoms. The van der Waals surface area contributed by atoms with Crippen LogP contribution in [0.4, 0.5) is 0 Å². The van der Waals surface area contributed by atoms with Crippen LogP contribution < -0.4 is 0 Å². The fraction of sp³-hybridized carbons (Fsp3) is 0.300. The van der Waals surface area contributed by atoms with Gasteiger partial charge >= 0.3 is 0 Å². The Morgan fingerprint density at radius 2 is 2.54 bits per heavy atom. The van der Waals surface area contributed by atoms with Crippen molar-refractivity contribution in [1.82, 2.24) is 10.2 Å². The predicted octanol–water partition coefficient (Wildman–Crippen LogP) is 1.97. The van der Waals surface area contributed by atoms with Gasteiger partial charge in [0.2, 0.25) is 0 Å². The zero-order valence-corrected chi connectivity index (χ0v) is 7.48. The summed E-state index contributed by atoms with van der Waals surface area (Å²) in [7, 11) is 0. The van der Waals surface area contributed by atoms with E-state index in [1.54, 1.807) is 18.5 Å². The Labute approximate surface area is 77.8 Å². The largest absolute Gasteiger partial charge is 0.388 e. The Morgan fingerprint density at radius 1 is 1.69 bits per heavy atom. The van der Waals surface area contributed by atoms with Gasteiger partial charge in [0.1, 0.15) is 0 Å². The van der Waals surface area contributed by atoms with Crippen LogP contribution in [-0.2, 0) is 0 Å². The second kappa shape index (κ2) is 5.32. The van der Waals surface area contributed by atoms with Gasteiger partial charge in [-0.05, 0) is 12.8 Å². The first-order valence-electron chi connectivity index (χ1n) is 4.29. The number of nitrogens with one attached hydrogen (secondary N) is 1. The maximum atomic E-state index is 9.59. The van der Waals surface area contributed by atoms with E-state index in [0.717, 1.165) is 12.0 Å². The average Bonchev–Trinajstić information content (AvgIpc) is 2.65. The smallest absolute Gasteiger partial charge is 0.0823 e. The van der Waals surface area contributed by atoms with Crippen molar-refractivity contribution in [3.8, 4) is 0 Å². The Hall–Kier alpha value is -1.35. The zero-order valence-electron chi connectivity index (χ0n) is 7.48. The molecular weight excluding hydrogens is 164 g/mol. The fourth-order valence-corrected chi connectivity index (χ4v) is 1.06. The lowest BCUT2D eigenvalue weighted by Gasteiger charge is -2.04. The van der Waals surface area contributed by atoms with Crippen molar-refractivity contribution in [2.45, 2.75) is 18.9 Å². The van der Waals surface area contributed by atoms with Crippen molar-refractivity contribution in [3.05, 3.63) is 42.8 Å². The van der Waals surface area contributed by atoms with Crippen LogP contribution in [0.1, 0.15) is 24.5 Å². The Bertz CT molecular complexity index is 264. The summed E-state index contributed by atoms with van der Waals surface area (Å²) in [5, 5.41) is 16.0. The van der Waals surface area contributed by atoms with E-state index in [2.05, 4.69) is 16.8 Å². The number of hydrogen-bond acceptors (Lipinski definition) is 2. The molecule has 0 aliphatic heterocycles. The van der Waals surface area contributed by atoms with Crippen LogP contribution in [0.15, 0.2) is 37.2 Å². The summed E-state index contributed by atoms with van der Waals surface area (Å²) in [5.41, 5.74) is 0.840. The highest BCUT2D eigenvalue weighted by atomic mass is 16.3. The molecule has 1 aromatic rings. The third kappa shape index (κ3) is 3.25. The molecular formula is C10H14N2O. The topological polar surface area (TPSA) is 48.9 Å². The summed E-state index contributed by atoms with van der Waals surface area (Å²) >= 11 is 0. The van der Waals surface area contributed by atoms with Gasteiger partial charge in [-0.25, -0.2) is 0 Å². The van der Waals surface area contributed by atoms with Crippen LogP contribution in [0.2, 0.25) is 0 Å². The number of H-pyrrole nitrogens is 1. The van der Waals surface area contributed by atoms with Crippen LogP contribution in [0.5, 0.6) is 0 Å². The molecule has 0 spiro atoms. The van der Waals surface area contributed by atoms with Gasteiger partial charge in [-0.2, -0.15) is 5.10 Å². The number of hydrogen-bond donors (Lipinski definition) is 2. The number of aromatic nitrogens is 2. The van der Waals surface area contributed by atoms with Crippen LogP contribution >= 0.6 is 0 Å². The normalized spacial score (nSPS) is 13.3. The van der Waals surface area contributed by atoms with Gasteiger partial charge in [0, 0.05) is 11.8 Å². The maximum absolute atomic E-state index is 9.59. The van der Waals surface area contributed by atoms with Gasteiger partial charge in [-0.15, -0.1) is 0 Å². The molecule has 1 unspecified atom stereocenters. The molecule has 0 amide bonds. The quantitative estimate of drug-likeness (QED) is 0.677. The molecule has 0 saturated carbocycles. The average molecular weight is 178 g/mol. The second-order valence-electron chi connectivity index (χ2n) is 2.79. The van der Waals surface area contributed by atoms with E-state index in [1.165, 1.54) is 0 Å². The summed E-state index contributed by atoms with van der Waals surface area (Å²) in [6.07, 6.45) is 10.1. The van der Waals surface area contributed by atoms with Crippen LogP contribution in [-0.4, -0.2) is 15.3 Å². The summed E-state index contributed by atoms with van der Waals surface area (Å²) in [4.78, 5) is 0. The van der Waals surface area contributed by atoms with E-state index in [4.69, 9.17) is 0 Å². The molecule has 3 heteroatoms. The zero-order chi connectivity index (χ0) is 9.52. The van der Waals surface area contributed by atoms with Crippen LogP contribution in [0.25, 0.3) is 0 Å². The molecule has 0 aromatic carbocycles. The molecule has 0 aliphatic carbocycles. The fourth-order valence-electron chi connectivity index (χ4n) is 1.06. The minimum Gasteiger partial charge on any atom is -0.388 e. The molecule has 0 saturated heterocycles. The highest BCUT2D eigenvalue weighted by Crippen LogP contribution is 2.16. The molecule has 1 rings (SSSR count). The number of allylic oxidation sites excluding steroid dienone is 3. The summed E-state index contributed by atoms with van der Waals surface area (Å²) in [5.74, 6) is 0. The Morgan fingerprint density at radius 3 is 3.15 bits per heavy atom. The van der Waals surface area contributed by atoms with E-state index >= 15 is 0 Å². The second-order valence-corrected chi connectivity index (χ2v) is 2.79. The van der Waals surface area contributed by atoms with Crippen molar-refractivity contribution < 1.29 is 5.11 Å². The molecule has 1 atom stereocenters. The van der Waals surface area contributed by atoms with E-state index < -0.39 is 6.10 Å². The van der Waals surface area contributed by atoms with Crippen molar-refractivity contribution in [3.63, 3.8) is 0 Å². The van der Waals surface area contributed by atoms with Crippen LogP contribution in [0, 0.1) is 0 Å². The summed E-state index contributed by atoms with van der Waals surface area (Å²) < 4.78 is 0.